The van der Waals surface area contributed by atoms with Gasteiger partial charge in [0.2, 0.25) is 0 Å². The van der Waals surface area contributed by atoms with Crippen molar-refractivity contribution in [2.75, 3.05) is 6.54 Å². The number of aromatic nitrogens is 2. The van der Waals surface area contributed by atoms with Gasteiger partial charge in [-0.05, 0) is 48.4 Å². The fourth-order valence-corrected chi connectivity index (χ4v) is 3.64. The largest absolute Gasteiger partial charge is 0.503 e. The van der Waals surface area contributed by atoms with Crippen LogP contribution in [0.25, 0.3) is 6.08 Å². The summed E-state index contributed by atoms with van der Waals surface area (Å²) in [6, 6.07) is 8.15. The number of aryl methyl sites for hydroxylation is 1. The summed E-state index contributed by atoms with van der Waals surface area (Å²) in [4.78, 5) is 31.1. The summed E-state index contributed by atoms with van der Waals surface area (Å²) in [5.74, 6) is -1.86. The van der Waals surface area contributed by atoms with E-state index in [2.05, 4.69) is 4.98 Å². The van der Waals surface area contributed by atoms with Crippen LogP contribution < -0.4 is 0 Å². The van der Waals surface area contributed by atoms with Crippen molar-refractivity contribution in [1.29, 1.82) is 0 Å². The first-order valence-corrected chi connectivity index (χ1v) is 9.76. The Morgan fingerprint density at radius 3 is 2.84 bits per heavy atom. The van der Waals surface area contributed by atoms with Gasteiger partial charge in [0.1, 0.15) is 11.6 Å². The van der Waals surface area contributed by atoms with Crippen molar-refractivity contribution in [2.45, 2.75) is 19.0 Å². The number of carbonyl (C=O) groups excluding carboxylic acids is 2. The topological polar surface area (TPSA) is 88.6 Å². The number of amides is 1. The van der Waals surface area contributed by atoms with Crippen LogP contribution in [0.15, 0.2) is 83.2 Å². The molecule has 0 aliphatic carbocycles. The molecule has 2 aromatic heterocycles. The highest BCUT2D eigenvalue weighted by atomic mass is 19.1. The number of hydrogen-bond acceptors (Lipinski definition) is 5. The fourth-order valence-electron chi connectivity index (χ4n) is 3.64. The van der Waals surface area contributed by atoms with Crippen LogP contribution >= 0.6 is 0 Å². The lowest BCUT2D eigenvalue weighted by atomic mass is 9.95. The van der Waals surface area contributed by atoms with Gasteiger partial charge in [0.05, 0.1) is 24.2 Å². The summed E-state index contributed by atoms with van der Waals surface area (Å²) in [5, 5.41) is 10.5. The number of carbonyl (C=O) groups is 2. The Balaban J connectivity index is 1.62. The molecule has 3 heterocycles. The van der Waals surface area contributed by atoms with Crippen LogP contribution in [0.3, 0.4) is 0 Å². The van der Waals surface area contributed by atoms with Crippen molar-refractivity contribution in [3.05, 3.63) is 95.9 Å². The first kappa shape index (κ1) is 20.3. The molecule has 7 nitrogen and oxygen atoms in total. The Hall–Kier alpha value is -3.94. The molecule has 31 heavy (non-hydrogen) atoms. The number of aliphatic hydroxyl groups is 1. The summed E-state index contributed by atoms with van der Waals surface area (Å²) in [7, 11) is 0. The van der Waals surface area contributed by atoms with Gasteiger partial charge in [-0.25, -0.2) is 9.37 Å². The van der Waals surface area contributed by atoms with Crippen LogP contribution in [0.5, 0.6) is 0 Å². The second-order valence-electron chi connectivity index (χ2n) is 7.09. The van der Waals surface area contributed by atoms with E-state index in [1.165, 1.54) is 41.5 Å². The SMILES string of the molecule is O=C(C=Cc1ccco1)C1=C(O)C(=O)N(CCCn2ccnc2)C1c1cccc(F)c1. The third-order valence-electron chi connectivity index (χ3n) is 5.05. The van der Waals surface area contributed by atoms with E-state index >= 15 is 0 Å². The fraction of sp³-hybridized carbons (Fsp3) is 0.174. The van der Waals surface area contributed by atoms with E-state index in [4.69, 9.17) is 4.42 Å². The summed E-state index contributed by atoms with van der Waals surface area (Å²) in [6.07, 6.45) is 9.85. The van der Waals surface area contributed by atoms with E-state index in [1.807, 2.05) is 4.57 Å². The number of allylic oxidation sites excluding steroid dienone is 1. The van der Waals surface area contributed by atoms with Gasteiger partial charge in [-0.1, -0.05) is 12.1 Å². The first-order chi connectivity index (χ1) is 15.0. The third-order valence-corrected chi connectivity index (χ3v) is 5.05. The van der Waals surface area contributed by atoms with Crippen molar-refractivity contribution >= 4 is 17.8 Å². The van der Waals surface area contributed by atoms with Gasteiger partial charge in [0, 0.05) is 25.5 Å². The van der Waals surface area contributed by atoms with E-state index in [0.717, 1.165) is 0 Å². The van der Waals surface area contributed by atoms with Crippen LogP contribution in [0.4, 0.5) is 4.39 Å². The number of ketones is 1. The lowest BCUT2D eigenvalue weighted by Crippen LogP contribution is -2.32. The van der Waals surface area contributed by atoms with Crippen molar-refractivity contribution < 1.29 is 23.5 Å². The van der Waals surface area contributed by atoms with E-state index in [1.54, 1.807) is 36.9 Å². The van der Waals surface area contributed by atoms with Gasteiger partial charge in [-0.2, -0.15) is 0 Å². The quantitative estimate of drug-likeness (QED) is 0.561. The highest BCUT2D eigenvalue weighted by Gasteiger charge is 2.42. The minimum Gasteiger partial charge on any atom is -0.503 e. The number of benzene rings is 1. The van der Waals surface area contributed by atoms with Gasteiger partial charge in [0.15, 0.2) is 11.5 Å². The van der Waals surface area contributed by atoms with Gasteiger partial charge in [-0.15, -0.1) is 0 Å². The molecule has 1 amide bonds. The second-order valence-corrected chi connectivity index (χ2v) is 7.09. The molecular formula is C23H20FN3O4. The van der Waals surface area contributed by atoms with Gasteiger partial charge in [-0.3, -0.25) is 9.59 Å². The molecule has 1 atom stereocenters. The minimum absolute atomic E-state index is 0.0824. The van der Waals surface area contributed by atoms with E-state index in [-0.39, 0.29) is 12.1 Å². The minimum atomic E-state index is -0.889. The van der Waals surface area contributed by atoms with Crippen LogP contribution in [0.2, 0.25) is 0 Å². The summed E-state index contributed by atoms with van der Waals surface area (Å²) < 4.78 is 21.0. The zero-order valence-electron chi connectivity index (χ0n) is 16.5. The Morgan fingerprint density at radius 1 is 1.26 bits per heavy atom. The zero-order valence-corrected chi connectivity index (χ0v) is 16.5. The lowest BCUT2D eigenvalue weighted by Gasteiger charge is -2.26. The highest BCUT2D eigenvalue weighted by Crippen LogP contribution is 2.38. The Kier molecular flexibility index (Phi) is 5.79. The Labute approximate surface area is 177 Å². The maximum atomic E-state index is 13.9. The van der Waals surface area contributed by atoms with Gasteiger partial charge in [0.25, 0.3) is 5.91 Å². The molecule has 1 aromatic carbocycles. The van der Waals surface area contributed by atoms with E-state index < -0.39 is 29.3 Å². The molecule has 0 saturated heterocycles. The summed E-state index contributed by atoms with van der Waals surface area (Å²) >= 11 is 0. The summed E-state index contributed by atoms with van der Waals surface area (Å²) in [6.45, 7) is 0.864. The van der Waals surface area contributed by atoms with Crippen molar-refractivity contribution in [1.82, 2.24) is 14.5 Å². The average molecular weight is 421 g/mol. The molecule has 3 aromatic rings. The maximum absolute atomic E-state index is 13.9. The standard InChI is InChI=1S/C23H20FN3O4/c24-17-5-1-4-16(14-17)21-20(19(28)8-7-18-6-2-13-31-18)22(29)23(30)27(21)11-3-10-26-12-9-25-15-26/h1-2,4-9,12-15,21,29H,3,10-11H2. The van der Waals surface area contributed by atoms with Crippen molar-refractivity contribution in [3.8, 4) is 0 Å². The number of furan rings is 1. The number of imidazole rings is 1. The normalized spacial score (nSPS) is 16.6. The molecule has 1 N–H and O–H groups in total. The van der Waals surface area contributed by atoms with Gasteiger partial charge < -0.3 is 19.0 Å². The molecule has 4 rings (SSSR count). The van der Waals surface area contributed by atoms with Crippen LogP contribution in [0.1, 0.15) is 23.8 Å². The van der Waals surface area contributed by atoms with Crippen LogP contribution in [-0.2, 0) is 16.1 Å². The Bertz CT molecular complexity index is 1130. The first-order valence-electron chi connectivity index (χ1n) is 9.76. The molecule has 0 bridgehead atoms. The predicted octanol–water partition coefficient (Wildman–Crippen LogP) is 3.68. The molecular weight excluding hydrogens is 401 g/mol. The number of hydrogen-bond donors (Lipinski definition) is 1. The predicted molar refractivity (Wildman–Crippen MR) is 110 cm³/mol. The van der Waals surface area contributed by atoms with Gasteiger partial charge >= 0.3 is 0 Å². The molecule has 0 fully saturated rings. The number of nitrogens with zero attached hydrogens (tertiary/aromatic N) is 3. The molecule has 8 heteroatoms. The monoisotopic (exact) mass is 421 g/mol. The average Bonchev–Trinajstić information content (AvgIpc) is 3.50. The Morgan fingerprint density at radius 2 is 2.13 bits per heavy atom. The number of halogens is 1. The molecule has 0 spiro atoms. The maximum Gasteiger partial charge on any atom is 0.290 e. The second kappa shape index (κ2) is 8.83. The zero-order chi connectivity index (χ0) is 21.8. The molecule has 158 valence electrons. The van der Waals surface area contributed by atoms with Crippen LogP contribution in [-0.4, -0.2) is 37.8 Å². The third kappa shape index (κ3) is 4.32. The van der Waals surface area contributed by atoms with Crippen molar-refractivity contribution in [3.63, 3.8) is 0 Å². The molecule has 1 unspecified atom stereocenters. The summed E-state index contributed by atoms with van der Waals surface area (Å²) in [5.41, 5.74) is 0.329. The molecule has 1 aliphatic rings. The van der Waals surface area contributed by atoms with Crippen LogP contribution in [0, 0.1) is 5.82 Å². The number of aliphatic hydroxyl groups excluding tert-OH is 1. The molecule has 0 radical (unpaired) electrons. The van der Waals surface area contributed by atoms with Crippen molar-refractivity contribution in [2.24, 2.45) is 0 Å². The smallest absolute Gasteiger partial charge is 0.290 e. The van der Waals surface area contributed by atoms with E-state index in [0.29, 0.717) is 24.3 Å². The molecule has 0 saturated carbocycles. The lowest BCUT2D eigenvalue weighted by molar-refractivity contribution is -0.129. The molecule has 1 aliphatic heterocycles. The number of rotatable bonds is 8. The highest BCUT2D eigenvalue weighted by molar-refractivity contribution is 6.14. The van der Waals surface area contributed by atoms with E-state index in [9.17, 15) is 19.1 Å².